The quantitative estimate of drug-likeness (QED) is 0.816. The molecular formula is C13H24N4. The number of rotatable bonds is 6. The van der Waals surface area contributed by atoms with Gasteiger partial charge >= 0.3 is 0 Å². The molecule has 1 heterocycles. The van der Waals surface area contributed by atoms with Gasteiger partial charge in [-0.25, -0.2) is 0 Å². The highest BCUT2D eigenvalue weighted by Crippen LogP contribution is 2.32. The summed E-state index contributed by atoms with van der Waals surface area (Å²) < 4.78 is 2.02. The largest absolute Gasteiger partial charge is 0.359 e. The fourth-order valence-electron chi connectivity index (χ4n) is 2.40. The molecule has 0 radical (unpaired) electrons. The van der Waals surface area contributed by atoms with Crippen molar-refractivity contribution in [2.45, 2.75) is 33.2 Å². The molecule has 0 amide bonds. The van der Waals surface area contributed by atoms with Gasteiger partial charge in [0.05, 0.1) is 5.69 Å². The lowest BCUT2D eigenvalue weighted by Gasteiger charge is -2.21. The van der Waals surface area contributed by atoms with Crippen LogP contribution in [-0.4, -0.2) is 29.9 Å². The van der Waals surface area contributed by atoms with E-state index in [1.165, 1.54) is 24.2 Å². The van der Waals surface area contributed by atoms with Gasteiger partial charge in [0.2, 0.25) is 0 Å². The predicted octanol–water partition coefficient (Wildman–Crippen LogP) is 1.68. The van der Waals surface area contributed by atoms with Gasteiger partial charge in [-0.3, -0.25) is 4.68 Å². The van der Waals surface area contributed by atoms with Gasteiger partial charge in [0.25, 0.3) is 0 Å². The minimum atomic E-state index is 0.905. The van der Waals surface area contributed by atoms with Crippen LogP contribution in [0.15, 0.2) is 0 Å². The summed E-state index contributed by atoms with van der Waals surface area (Å²) in [4.78, 5) is 2.37. The second-order valence-electron chi connectivity index (χ2n) is 5.12. The molecule has 1 aromatic rings. The van der Waals surface area contributed by atoms with Crippen LogP contribution in [0.1, 0.15) is 31.0 Å². The second-order valence-corrected chi connectivity index (χ2v) is 5.12. The zero-order chi connectivity index (χ0) is 12.4. The van der Waals surface area contributed by atoms with E-state index in [1.807, 2.05) is 11.7 Å². The van der Waals surface area contributed by atoms with E-state index in [2.05, 4.69) is 36.2 Å². The van der Waals surface area contributed by atoms with Crippen LogP contribution >= 0.6 is 0 Å². The van der Waals surface area contributed by atoms with E-state index in [4.69, 9.17) is 0 Å². The lowest BCUT2D eigenvalue weighted by atomic mass is 10.2. The van der Waals surface area contributed by atoms with Gasteiger partial charge in [-0.15, -0.1) is 0 Å². The monoisotopic (exact) mass is 236 g/mol. The topological polar surface area (TPSA) is 33.1 Å². The lowest BCUT2D eigenvalue weighted by molar-refractivity contribution is 0.692. The Morgan fingerprint density at radius 3 is 2.76 bits per heavy atom. The van der Waals surface area contributed by atoms with Crippen molar-refractivity contribution in [3.8, 4) is 0 Å². The summed E-state index contributed by atoms with van der Waals surface area (Å²) in [6.45, 7) is 7.32. The number of aromatic nitrogens is 2. The van der Waals surface area contributed by atoms with Crippen molar-refractivity contribution >= 4 is 5.82 Å². The normalized spacial score (nSPS) is 15.3. The Morgan fingerprint density at radius 1 is 1.47 bits per heavy atom. The number of hydrogen-bond acceptors (Lipinski definition) is 3. The SMILES string of the molecule is CCNCc1c(C)nn(C)c1N(C)CC1CC1. The summed E-state index contributed by atoms with van der Waals surface area (Å²) in [6.07, 6.45) is 2.79. The first-order chi connectivity index (χ1) is 8.13. The molecule has 4 heteroatoms. The van der Waals surface area contributed by atoms with Gasteiger partial charge in [-0.1, -0.05) is 6.92 Å². The molecule has 0 bridgehead atoms. The Morgan fingerprint density at radius 2 is 2.18 bits per heavy atom. The maximum atomic E-state index is 4.55. The van der Waals surface area contributed by atoms with Crippen molar-refractivity contribution in [1.29, 1.82) is 0 Å². The zero-order valence-electron chi connectivity index (χ0n) is 11.5. The molecule has 0 saturated heterocycles. The summed E-state index contributed by atoms with van der Waals surface area (Å²) in [7, 11) is 4.23. The van der Waals surface area contributed by atoms with Gasteiger partial charge in [0.15, 0.2) is 0 Å². The maximum absolute atomic E-state index is 4.55. The van der Waals surface area contributed by atoms with E-state index in [0.717, 1.165) is 31.2 Å². The molecular weight excluding hydrogens is 212 g/mol. The van der Waals surface area contributed by atoms with Crippen LogP contribution in [0, 0.1) is 12.8 Å². The molecule has 0 aliphatic heterocycles. The molecule has 0 atom stereocenters. The standard InChI is InChI=1S/C13H24N4/c1-5-14-8-12-10(2)15-17(4)13(12)16(3)9-11-6-7-11/h11,14H,5-9H2,1-4H3. The van der Waals surface area contributed by atoms with Crippen LogP contribution in [-0.2, 0) is 13.6 Å². The molecule has 1 aromatic heterocycles. The highest BCUT2D eigenvalue weighted by molar-refractivity contribution is 5.49. The van der Waals surface area contributed by atoms with Crippen molar-refractivity contribution in [3.63, 3.8) is 0 Å². The molecule has 1 aliphatic carbocycles. The number of aryl methyl sites for hydroxylation is 2. The fourth-order valence-corrected chi connectivity index (χ4v) is 2.40. The van der Waals surface area contributed by atoms with E-state index in [9.17, 15) is 0 Å². The number of anilines is 1. The Labute approximate surface area is 104 Å². The molecule has 1 fully saturated rings. The number of nitrogens with zero attached hydrogens (tertiary/aromatic N) is 3. The van der Waals surface area contributed by atoms with Gasteiger partial charge in [0, 0.05) is 32.7 Å². The minimum absolute atomic E-state index is 0.905. The average molecular weight is 236 g/mol. The highest BCUT2D eigenvalue weighted by atomic mass is 15.4. The lowest BCUT2D eigenvalue weighted by Crippen LogP contribution is -2.25. The van der Waals surface area contributed by atoms with Gasteiger partial charge < -0.3 is 10.2 Å². The summed E-state index contributed by atoms with van der Waals surface area (Å²) in [5.41, 5.74) is 2.49. The summed E-state index contributed by atoms with van der Waals surface area (Å²) in [6, 6.07) is 0. The number of nitrogens with one attached hydrogen (secondary N) is 1. The van der Waals surface area contributed by atoms with Crippen molar-refractivity contribution < 1.29 is 0 Å². The van der Waals surface area contributed by atoms with Crippen LogP contribution in [0.5, 0.6) is 0 Å². The molecule has 17 heavy (non-hydrogen) atoms. The second kappa shape index (κ2) is 5.08. The first-order valence-corrected chi connectivity index (χ1v) is 6.57. The average Bonchev–Trinajstić information content (AvgIpc) is 3.02. The van der Waals surface area contributed by atoms with Crippen molar-refractivity contribution in [1.82, 2.24) is 15.1 Å². The van der Waals surface area contributed by atoms with Gasteiger partial charge in [-0.05, 0) is 32.2 Å². The van der Waals surface area contributed by atoms with Gasteiger partial charge in [0.1, 0.15) is 5.82 Å². The fraction of sp³-hybridized carbons (Fsp3) is 0.769. The molecule has 4 nitrogen and oxygen atoms in total. The van der Waals surface area contributed by atoms with Crippen LogP contribution in [0.25, 0.3) is 0 Å². The summed E-state index contributed by atoms with van der Waals surface area (Å²) in [5, 5.41) is 7.95. The Kier molecular flexibility index (Phi) is 3.72. The van der Waals surface area contributed by atoms with E-state index >= 15 is 0 Å². The molecule has 2 rings (SSSR count). The highest BCUT2D eigenvalue weighted by Gasteiger charge is 2.25. The Bertz CT molecular complexity index is 379. The van der Waals surface area contributed by atoms with E-state index in [0.29, 0.717) is 0 Å². The molecule has 1 saturated carbocycles. The Hall–Kier alpha value is -1.03. The summed E-state index contributed by atoms with van der Waals surface area (Å²) >= 11 is 0. The van der Waals surface area contributed by atoms with E-state index in [1.54, 1.807) is 0 Å². The first kappa shape index (κ1) is 12.4. The molecule has 1 aliphatic rings. The summed E-state index contributed by atoms with van der Waals surface area (Å²) in [5.74, 6) is 2.18. The smallest absolute Gasteiger partial charge is 0.131 e. The minimum Gasteiger partial charge on any atom is -0.359 e. The molecule has 96 valence electrons. The third-order valence-corrected chi connectivity index (χ3v) is 3.46. The van der Waals surface area contributed by atoms with Crippen LogP contribution in [0.3, 0.4) is 0 Å². The molecule has 1 N–H and O–H groups in total. The number of hydrogen-bond donors (Lipinski definition) is 1. The third-order valence-electron chi connectivity index (χ3n) is 3.46. The van der Waals surface area contributed by atoms with E-state index in [-0.39, 0.29) is 0 Å². The van der Waals surface area contributed by atoms with Crippen LogP contribution in [0.2, 0.25) is 0 Å². The Balaban J connectivity index is 2.16. The van der Waals surface area contributed by atoms with Crippen molar-refractivity contribution in [2.24, 2.45) is 13.0 Å². The van der Waals surface area contributed by atoms with Crippen molar-refractivity contribution in [3.05, 3.63) is 11.3 Å². The molecule has 0 spiro atoms. The van der Waals surface area contributed by atoms with E-state index < -0.39 is 0 Å². The maximum Gasteiger partial charge on any atom is 0.131 e. The molecule has 0 aromatic carbocycles. The van der Waals surface area contributed by atoms with Crippen molar-refractivity contribution in [2.75, 3.05) is 25.0 Å². The predicted molar refractivity (Wildman–Crippen MR) is 71.3 cm³/mol. The molecule has 0 unspecified atom stereocenters. The first-order valence-electron chi connectivity index (χ1n) is 6.57. The van der Waals surface area contributed by atoms with Crippen LogP contribution < -0.4 is 10.2 Å². The van der Waals surface area contributed by atoms with Crippen LogP contribution in [0.4, 0.5) is 5.82 Å². The third kappa shape index (κ3) is 2.80. The van der Waals surface area contributed by atoms with Gasteiger partial charge in [-0.2, -0.15) is 5.10 Å². The zero-order valence-corrected chi connectivity index (χ0v) is 11.5.